The van der Waals surface area contributed by atoms with Gasteiger partial charge in [-0.1, -0.05) is 109 Å². The Hall–Kier alpha value is -5.82. The molecule has 0 aromatic heterocycles. The number of nitrogens with zero attached hydrogens (tertiary/aromatic N) is 8. The van der Waals surface area contributed by atoms with Crippen molar-refractivity contribution < 1.29 is 57.8 Å². The zero-order chi connectivity index (χ0) is 69.8. The molecule has 1 saturated heterocycles. The van der Waals surface area contributed by atoms with E-state index in [-0.39, 0.29) is 43.4 Å². The Morgan fingerprint density at radius 2 is 0.911 bits per heavy atom. The van der Waals surface area contributed by atoms with E-state index >= 15 is 24.0 Å². The second kappa shape index (κ2) is 37.6. The Balaban J connectivity index is 4.50. The zero-order valence-electron chi connectivity index (χ0n) is 59.5. The van der Waals surface area contributed by atoms with Crippen LogP contribution in [0.4, 0.5) is 0 Å². The minimum atomic E-state index is -1.63. The minimum Gasteiger partial charge on any atom is -0.390 e. The third-order valence-corrected chi connectivity index (χ3v) is 18.1. The first-order chi connectivity index (χ1) is 41.5. The van der Waals surface area contributed by atoms with Crippen molar-refractivity contribution in [2.75, 3.05) is 75.7 Å². The normalized spacial score (nSPS) is 27.0. The molecule has 24 nitrogen and oxygen atoms in total. The molecule has 1 heterocycles. The number of carbonyl (C=O) groups excluding carboxylic acids is 11. The van der Waals surface area contributed by atoms with Gasteiger partial charge in [-0.3, -0.25) is 52.7 Å². The molecular formula is C65H118N12O12S. The first-order valence-corrected chi connectivity index (χ1v) is 33.2. The van der Waals surface area contributed by atoms with Crippen molar-refractivity contribution in [2.24, 2.45) is 41.4 Å². The molecule has 0 aliphatic carbocycles. The highest BCUT2D eigenvalue weighted by Crippen LogP contribution is 2.27. The molecule has 5 N–H and O–H groups in total. The summed E-state index contributed by atoms with van der Waals surface area (Å²) < 4.78 is 0. The number of aliphatic hydroxyl groups is 1. The summed E-state index contributed by atoms with van der Waals surface area (Å²) in [6, 6.07) is -12.5. The summed E-state index contributed by atoms with van der Waals surface area (Å²) >= 11 is 1.15. The first-order valence-electron chi connectivity index (χ1n) is 32.2. The van der Waals surface area contributed by atoms with Crippen LogP contribution in [0.15, 0.2) is 12.2 Å². The summed E-state index contributed by atoms with van der Waals surface area (Å²) in [5.41, 5.74) is 0. The maximum Gasteiger partial charge on any atom is 0.256 e. The number of allylic oxidation sites excluding steroid dienone is 2. The van der Waals surface area contributed by atoms with Crippen LogP contribution in [-0.4, -0.2) is 257 Å². The summed E-state index contributed by atoms with van der Waals surface area (Å²) in [4.78, 5) is 173. The third kappa shape index (κ3) is 22.8. The molecule has 11 amide bonds. The van der Waals surface area contributed by atoms with E-state index in [2.05, 4.69) is 21.3 Å². The predicted molar refractivity (Wildman–Crippen MR) is 354 cm³/mol. The molecule has 0 radical (unpaired) electrons. The van der Waals surface area contributed by atoms with Crippen LogP contribution in [0.2, 0.25) is 0 Å². The fraction of sp³-hybridized carbons (Fsp3) is 0.800. The molecule has 1 rings (SSSR count). The second-order valence-electron chi connectivity index (χ2n) is 27.4. The SMILES string of the molecule is C/C=C/C[C@@H](C)[C@@H](O)[C@H]1C(=O)N[C@@H](CC)C(=O)N(C)[C@H](SCCN(C)C)C(=O)N(C)[C@@H](C(C)C)C(=O)N[C@@H](C(C)C)C(=O)N(C)[C@@H](CC(C)C)C(=O)N[C@@H](C)C(=O)N[C@H](C)C(=O)N(C)[C@@H](CC(C)C)C(=O)N(C)[C@@H](CC(C)C)C(=O)N(C)[C@@H](C(C)C)C(=O)N1C. The van der Waals surface area contributed by atoms with Crippen LogP contribution >= 0.6 is 11.8 Å². The van der Waals surface area contributed by atoms with Crippen molar-refractivity contribution in [1.29, 1.82) is 0 Å². The van der Waals surface area contributed by atoms with E-state index < -0.39 is 161 Å². The molecule has 0 aromatic carbocycles. The zero-order valence-corrected chi connectivity index (χ0v) is 60.3. The lowest BCUT2D eigenvalue weighted by atomic mass is 9.91. The number of hydrogen-bond donors (Lipinski definition) is 5. The Morgan fingerprint density at radius 3 is 1.37 bits per heavy atom. The summed E-state index contributed by atoms with van der Waals surface area (Å²) in [5, 5.41) is 22.1. The molecule has 25 heteroatoms. The number of nitrogens with one attached hydrogen (secondary N) is 4. The lowest BCUT2D eigenvalue weighted by Crippen LogP contribution is -2.64. The van der Waals surface area contributed by atoms with Crippen LogP contribution < -0.4 is 21.3 Å². The largest absolute Gasteiger partial charge is 0.390 e. The van der Waals surface area contributed by atoms with Gasteiger partial charge in [-0.25, -0.2) is 0 Å². The number of aliphatic hydroxyl groups excluding tert-OH is 1. The van der Waals surface area contributed by atoms with Crippen LogP contribution in [0.5, 0.6) is 0 Å². The highest BCUT2D eigenvalue weighted by Gasteiger charge is 2.46. The molecule has 1 aliphatic rings. The fourth-order valence-corrected chi connectivity index (χ4v) is 12.6. The van der Waals surface area contributed by atoms with Crippen molar-refractivity contribution in [3.8, 4) is 0 Å². The summed E-state index contributed by atoms with van der Waals surface area (Å²) in [7, 11) is 13.7. The topological polar surface area (TPSA) is 282 Å². The van der Waals surface area contributed by atoms with E-state index in [0.717, 1.165) is 16.7 Å². The molecule has 0 saturated carbocycles. The van der Waals surface area contributed by atoms with Crippen LogP contribution in [0.3, 0.4) is 0 Å². The molecule has 1 aliphatic heterocycles. The van der Waals surface area contributed by atoms with Gasteiger partial charge in [-0.15, -0.1) is 11.8 Å². The van der Waals surface area contributed by atoms with E-state index in [0.29, 0.717) is 18.7 Å². The molecule has 13 atom stereocenters. The van der Waals surface area contributed by atoms with Gasteiger partial charge in [0.15, 0.2) is 5.37 Å². The number of likely N-dealkylation sites (N-methyl/N-ethyl adjacent to an activating group) is 7. The lowest BCUT2D eigenvalue weighted by Gasteiger charge is -2.41. The molecule has 0 aromatic rings. The van der Waals surface area contributed by atoms with Gasteiger partial charge in [0.25, 0.3) is 5.91 Å². The Bertz CT molecular complexity index is 2460. The Kier molecular flexibility index (Phi) is 34.4. The maximum atomic E-state index is 15.3. The van der Waals surface area contributed by atoms with Gasteiger partial charge in [0.2, 0.25) is 59.1 Å². The molecule has 90 heavy (non-hydrogen) atoms. The Labute approximate surface area is 543 Å². The predicted octanol–water partition coefficient (Wildman–Crippen LogP) is 3.50. The van der Waals surface area contributed by atoms with E-state index in [4.69, 9.17) is 0 Å². The molecular weight excluding hydrogens is 1170 g/mol. The van der Waals surface area contributed by atoms with Gasteiger partial charge in [-0.05, 0) is 108 Å². The van der Waals surface area contributed by atoms with Crippen molar-refractivity contribution in [2.45, 2.75) is 222 Å². The van der Waals surface area contributed by atoms with Crippen LogP contribution in [0.1, 0.15) is 150 Å². The van der Waals surface area contributed by atoms with Crippen molar-refractivity contribution >= 4 is 76.7 Å². The third-order valence-electron chi connectivity index (χ3n) is 16.9. The molecule has 1 fully saturated rings. The molecule has 516 valence electrons. The van der Waals surface area contributed by atoms with Crippen molar-refractivity contribution in [1.82, 2.24) is 60.5 Å². The van der Waals surface area contributed by atoms with E-state index in [1.807, 2.05) is 66.6 Å². The lowest BCUT2D eigenvalue weighted by molar-refractivity contribution is -0.157. The van der Waals surface area contributed by atoms with Gasteiger partial charge in [0, 0.05) is 61.6 Å². The van der Waals surface area contributed by atoms with Gasteiger partial charge in [0.1, 0.15) is 60.4 Å². The van der Waals surface area contributed by atoms with Crippen molar-refractivity contribution in [3.05, 3.63) is 12.2 Å². The summed E-state index contributed by atoms with van der Waals surface area (Å²) in [6.07, 6.45) is 2.83. The average Bonchev–Trinajstić information content (AvgIpc) is 1.20. The van der Waals surface area contributed by atoms with E-state index in [1.54, 1.807) is 68.4 Å². The summed E-state index contributed by atoms with van der Waals surface area (Å²) in [6.45, 7) is 30.2. The summed E-state index contributed by atoms with van der Waals surface area (Å²) in [5.74, 6) is -9.89. The maximum absolute atomic E-state index is 15.3. The monoisotopic (exact) mass is 1290 g/mol. The molecule has 0 bridgehead atoms. The molecule has 0 unspecified atom stereocenters. The van der Waals surface area contributed by atoms with E-state index in [1.165, 1.54) is 92.6 Å². The van der Waals surface area contributed by atoms with Gasteiger partial charge in [-0.2, -0.15) is 0 Å². The Morgan fingerprint density at radius 1 is 0.478 bits per heavy atom. The van der Waals surface area contributed by atoms with Crippen molar-refractivity contribution in [3.63, 3.8) is 0 Å². The van der Waals surface area contributed by atoms with E-state index in [9.17, 15) is 33.9 Å². The number of rotatable bonds is 18. The first kappa shape index (κ1) is 82.2. The highest BCUT2D eigenvalue weighted by molar-refractivity contribution is 8.00. The van der Waals surface area contributed by atoms with Crippen LogP contribution in [0, 0.1) is 41.4 Å². The van der Waals surface area contributed by atoms with Gasteiger partial charge >= 0.3 is 0 Å². The quantitative estimate of drug-likeness (QED) is 0.123. The van der Waals surface area contributed by atoms with Gasteiger partial charge < -0.3 is 65.6 Å². The number of amides is 11. The minimum absolute atomic E-state index is 0.00276. The van der Waals surface area contributed by atoms with Crippen LogP contribution in [0.25, 0.3) is 0 Å². The smallest absolute Gasteiger partial charge is 0.256 e. The standard InChI is InChI=1S/C65H118N12O12S/c1-27-29-30-42(15)53(78)52-57(82)68-45(28-2)59(84)77(26)65(90-32-31-70(18)19)64(89)74(23)50(40(11)12)56(81)69-49(39(9)10)62(87)71(20)46(33-36(3)4)55(80)66-43(16)54(79)67-44(17)58(83)72(21)47(34-37(5)6)60(85)73(22)48(35-38(7)8)61(86)75(24)51(41(13)14)63(88)76(52)25/h27,29,36-53,65,78H,28,30-35H2,1-26H3,(H,66,80)(H,67,79)(H,68,82)(H,69,81)/b29-27+/t42-,43+,44-,45+,46+,47+,48+,49+,50+,51+,52+,53-,65-/m1/s1. The molecule has 0 spiro atoms. The second-order valence-corrected chi connectivity index (χ2v) is 28.5. The highest BCUT2D eigenvalue weighted by atomic mass is 32.2. The number of carbonyl (C=O) groups is 11. The fourth-order valence-electron chi connectivity index (χ4n) is 11.2. The van der Waals surface area contributed by atoms with Crippen LogP contribution in [-0.2, 0) is 52.7 Å². The number of hydrogen-bond acceptors (Lipinski definition) is 14. The van der Waals surface area contributed by atoms with Gasteiger partial charge in [0.05, 0.1) is 6.10 Å². The average molecular weight is 1290 g/mol. The number of thioether (sulfide) groups is 1.